The first-order chi connectivity index (χ1) is 14.9. The second-order valence-corrected chi connectivity index (χ2v) is 7.91. The average Bonchev–Trinajstić information content (AvgIpc) is 3.18. The summed E-state index contributed by atoms with van der Waals surface area (Å²) in [6, 6.07) is 11.2. The predicted molar refractivity (Wildman–Crippen MR) is 121 cm³/mol. The van der Waals surface area contributed by atoms with Gasteiger partial charge in [0.25, 0.3) is 5.56 Å². The number of nitrogens with one attached hydrogen (secondary N) is 1. The molecule has 0 aliphatic carbocycles. The molecular weight excluding hydrogens is 394 g/mol. The van der Waals surface area contributed by atoms with Gasteiger partial charge in [0.15, 0.2) is 0 Å². The SMILES string of the molecule is CCCC(C(=O)O)n1c(=O)c2ccccc2n(C(C)c2c[nH]c3cccc(C)c23)c1=O. The van der Waals surface area contributed by atoms with Gasteiger partial charge in [0.05, 0.1) is 16.9 Å². The predicted octanol–water partition coefficient (Wildman–Crippen LogP) is 3.99. The van der Waals surface area contributed by atoms with E-state index < -0.39 is 29.3 Å². The Hall–Kier alpha value is -3.61. The molecule has 31 heavy (non-hydrogen) atoms. The minimum Gasteiger partial charge on any atom is -0.480 e. The molecule has 0 aliphatic heterocycles. The third kappa shape index (κ3) is 3.26. The normalized spacial score (nSPS) is 13.5. The van der Waals surface area contributed by atoms with Gasteiger partial charge >= 0.3 is 11.7 Å². The van der Waals surface area contributed by atoms with Gasteiger partial charge in [-0.1, -0.05) is 37.6 Å². The van der Waals surface area contributed by atoms with E-state index in [4.69, 9.17) is 0 Å². The van der Waals surface area contributed by atoms with Gasteiger partial charge in [-0.3, -0.25) is 9.36 Å². The molecule has 2 unspecified atom stereocenters. The number of aromatic nitrogens is 3. The zero-order valence-corrected chi connectivity index (χ0v) is 17.8. The summed E-state index contributed by atoms with van der Waals surface area (Å²) in [5.41, 5.74) is 2.25. The number of aliphatic carboxylic acids is 1. The molecule has 0 fully saturated rings. The number of carboxylic acid groups (broad SMARTS) is 1. The Balaban J connectivity index is 2.07. The van der Waals surface area contributed by atoms with Crippen LogP contribution >= 0.6 is 0 Å². The Bertz CT molecular complexity index is 1410. The Morgan fingerprint density at radius 1 is 1.10 bits per heavy atom. The number of aryl methyl sites for hydroxylation is 1. The molecule has 0 aliphatic rings. The zero-order chi connectivity index (χ0) is 22.3. The minimum absolute atomic E-state index is 0.198. The summed E-state index contributed by atoms with van der Waals surface area (Å²) in [5, 5.41) is 11.1. The van der Waals surface area contributed by atoms with E-state index in [-0.39, 0.29) is 6.42 Å². The summed E-state index contributed by atoms with van der Waals surface area (Å²) in [7, 11) is 0. The lowest BCUT2D eigenvalue weighted by Crippen LogP contribution is -2.45. The first-order valence-corrected chi connectivity index (χ1v) is 10.4. The minimum atomic E-state index is -1.21. The fraction of sp³-hybridized carbons (Fsp3) is 0.292. The lowest BCUT2D eigenvalue weighted by molar-refractivity contribution is -0.141. The maximum atomic E-state index is 13.6. The highest BCUT2D eigenvalue weighted by Crippen LogP contribution is 2.30. The fourth-order valence-electron chi connectivity index (χ4n) is 4.45. The van der Waals surface area contributed by atoms with Crippen molar-refractivity contribution < 1.29 is 9.90 Å². The largest absolute Gasteiger partial charge is 0.480 e. The Morgan fingerprint density at radius 2 is 1.84 bits per heavy atom. The summed E-state index contributed by atoms with van der Waals surface area (Å²) in [4.78, 5) is 42.0. The van der Waals surface area contributed by atoms with Crippen LogP contribution in [0.5, 0.6) is 0 Å². The number of benzene rings is 2. The van der Waals surface area contributed by atoms with E-state index in [0.717, 1.165) is 26.6 Å². The molecule has 2 heterocycles. The Kier molecular flexibility index (Phi) is 5.27. The van der Waals surface area contributed by atoms with Crippen LogP contribution in [-0.4, -0.2) is 25.2 Å². The van der Waals surface area contributed by atoms with Gasteiger partial charge in [0, 0.05) is 22.7 Å². The van der Waals surface area contributed by atoms with Crippen molar-refractivity contribution in [3.63, 3.8) is 0 Å². The van der Waals surface area contributed by atoms with Crippen LogP contribution in [0.1, 0.15) is 49.9 Å². The van der Waals surface area contributed by atoms with E-state index in [1.165, 1.54) is 4.57 Å². The number of aromatic amines is 1. The van der Waals surface area contributed by atoms with Gasteiger partial charge in [-0.15, -0.1) is 0 Å². The summed E-state index contributed by atoms with van der Waals surface area (Å²) in [5.74, 6) is -1.18. The van der Waals surface area contributed by atoms with Crippen molar-refractivity contribution in [1.82, 2.24) is 14.1 Å². The summed E-state index contributed by atoms with van der Waals surface area (Å²) in [6.07, 6.45) is 2.61. The monoisotopic (exact) mass is 419 g/mol. The second kappa shape index (κ2) is 7.91. The van der Waals surface area contributed by atoms with E-state index in [0.29, 0.717) is 17.3 Å². The van der Waals surface area contributed by atoms with Gasteiger partial charge in [0.2, 0.25) is 0 Å². The van der Waals surface area contributed by atoms with Crippen molar-refractivity contribution in [1.29, 1.82) is 0 Å². The van der Waals surface area contributed by atoms with Crippen molar-refractivity contribution in [2.24, 2.45) is 0 Å². The van der Waals surface area contributed by atoms with E-state index >= 15 is 0 Å². The summed E-state index contributed by atoms with van der Waals surface area (Å²) < 4.78 is 2.45. The lowest BCUT2D eigenvalue weighted by Gasteiger charge is -2.22. The van der Waals surface area contributed by atoms with E-state index in [1.807, 2.05) is 45.2 Å². The number of rotatable bonds is 6. The van der Waals surface area contributed by atoms with Gasteiger partial charge in [-0.05, 0) is 44.0 Å². The van der Waals surface area contributed by atoms with E-state index in [1.54, 1.807) is 24.3 Å². The molecule has 2 atom stereocenters. The summed E-state index contributed by atoms with van der Waals surface area (Å²) in [6.45, 7) is 5.74. The van der Waals surface area contributed by atoms with Gasteiger partial charge in [0.1, 0.15) is 6.04 Å². The molecule has 160 valence electrons. The van der Waals surface area contributed by atoms with E-state index in [2.05, 4.69) is 4.98 Å². The zero-order valence-electron chi connectivity index (χ0n) is 17.8. The molecule has 2 aromatic heterocycles. The maximum Gasteiger partial charge on any atom is 0.332 e. The molecule has 7 heteroatoms. The average molecular weight is 419 g/mol. The Morgan fingerprint density at radius 3 is 2.55 bits per heavy atom. The topological polar surface area (TPSA) is 97.1 Å². The van der Waals surface area contributed by atoms with Gasteiger partial charge in [-0.25, -0.2) is 14.2 Å². The highest BCUT2D eigenvalue weighted by molar-refractivity contribution is 5.87. The van der Waals surface area contributed by atoms with Gasteiger partial charge < -0.3 is 10.1 Å². The molecule has 0 saturated heterocycles. The van der Waals surface area contributed by atoms with Gasteiger partial charge in [-0.2, -0.15) is 0 Å². The number of fused-ring (bicyclic) bond motifs is 2. The first-order valence-electron chi connectivity index (χ1n) is 10.4. The molecule has 0 radical (unpaired) electrons. The summed E-state index contributed by atoms with van der Waals surface area (Å²) >= 11 is 0. The number of carbonyl (C=O) groups is 1. The molecule has 0 spiro atoms. The maximum absolute atomic E-state index is 13.6. The Labute approximate surface area is 178 Å². The third-order valence-electron chi connectivity index (χ3n) is 5.97. The highest BCUT2D eigenvalue weighted by Gasteiger charge is 2.27. The van der Waals surface area contributed by atoms with Crippen molar-refractivity contribution in [3.8, 4) is 0 Å². The number of hydrogen-bond donors (Lipinski definition) is 2. The molecular formula is C24H25N3O4. The first kappa shape index (κ1) is 20.7. The van der Waals surface area contributed by atoms with Crippen molar-refractivity contribution >= 4 is 27.8 Å². The molecule has 7 nitrogen and oxygen atoms in total. The van der Waals surface area contributed by atoms with Crippen LogP contribution in [0.2, 0.25) is 0 Å². The molecule has 0 amide bonds. The van der Waals surface area contributed by atoms with Crippen molar-refractivity contribution in [2.75, 3.05) is 0 Å². The highest BCUT2D eigenvalue weighted by atomic mass is 16.4. The molecule has 4 aromatic rings. The van der Waals surface area contributed by atoms with Crippen molar-refractivity contribution in [3.05, 3.63) is 80.6 Å². The molecule has 0 bridgehead atoms. The smallest absolute Gasteiger partial charge is 0.332 e. The van der Waals surface area contributed by atoms with Crippen LogP contribution < -0.4 is 11.2 Å². The number of H-pyrrole nitrogens is 1. The number of hydrogen-bond acceptors (Lipinski definition) is 3. The third-order valence-corrected chi connectivity index (χ3v) is 5.97. The molecule has 2 N–H and O–H groups in total. The number of carboxylic acids is 1. The van der Waals surface area contributed by atoms with E-state index in [9.17, 15) is 19.5 Å². The number of nitrogens with zero attached hydrogens (tertiary/aromatic N) is 2. The fourth-order valence-corrected chi connectivity index (χ4v) is 4.45. The van der Waals surface area contributed by atoms with Crippen LogP contribution in [0.4, 0.5) is 0 Å². The van der Waals surface area contributed by atoms with Crippen LogP contribution in [0.25, 0.3) is 21.8 Å². The van der Waals surface area contributed by atoms with Crippen LogP contribution in [0.3, 0.4) is 0 Å². The van der Waals surface area contributed by atoms with Crippen LogP contribution in [-0.2, 0) is 4.79 Å². The number of para-hydroxylation sites is 1. The molecule has 4 rings (SSSR count). The second-order valence-electron chi connectivity index (χ2n) is 7.91. The quantitative estimate of drug-likeness (QED) is 0.494. The van der Waals surface area contributed by atoms with Crippen molar-refractivity contribution in [2.45, 2.75) is 45.7 Å². The van der Waals surface area contributed by atoms with Crippen LogP contribution in [0, 0.1) is 6.92 Å². The van der Waals surface area contributed by atoms with Crippen LogP contribution in [0.15, 0.2) is 58.3 Å². The molecule has 0 saturated carbocycles. The lowest BCUT2D eigenvalue weighted by atomic mass is 10.0. The standard InChI is InChI=1S/C24H25N3O4/c1-4-8-20(23(29)30)27-22(28)16-10-5-6-12-19(16)26(24(27)31)15(3)17-13-25-18-11-7-9-14(2)21(17)18/h5-7,9-13,15,20,25H,4,8H2,1-3H3,(H,29,30). The molecule has 2 aromatic carbocycles.